The van der Waals surface area contributed by atoms with Gasteiger partial charge >= 0.3 is 0 Å². The Kier molecular flexibility index (Phi) is 6.85. The molecule has 2 bridgehead atoms. The Hall–Kier alpha value is -1.92. The maximum atomic E-state index is 13.0. The second kappa shape index (κ2) is 9.33. The highest BCUT2D eigenvalue weighted by Crippen LogP contribution is 2.18. The van der Waals surface area contributed by atoms with Crippen molar-refractivity contribution in [2.45, 2.75) is 52.3 Å². The molecule has 1 aliphatic rings. The van der Waals surface area contributed by atoms with Crippen LogP contribution in [0.2, 0.25) is 5.02 Å². The number of rotatable bonds is 4. The number of aryl methyl sites for hydroxylation is 1. The SMILES string of the molecule is CC(C)C[C@H]1COCc2cn(nn2)CC[C@@H](Cc2ccc(Cl)cc2)C(=O)N1. The quantitative estimate of drug-likeness (QED) is 0.870. The van der Waals surface area contributed by atoms with Gasteiger partial charge in [0, 0.05) is 17.5 Å². The molecule has 0 saturated heterocycles. The largest absolute Gasteiger partial charge is 0.373 e. The van der Waals surface area contributed by atoms with Crippen molar-refractivity contribution in [2.75, 3.05) is 6.61 Å². The average molecular weight is 391 g/mol. The van der Waals surface area contributed by atoms with Gasteiger partial charge in [-0.05, 0) is 42.9 Å². The summed E-state index contributed by atoms with van der Waals surface area (Å²) < 4.78 is 7.57. The summed E-state index contributed by atoms with van der Waals surface area (Å²) in [5.41, 5.74) is 1.92. The Morgan fingerprint density at radius 2 is 2.11 bits per heavy atom. The summed E-state index contributed by atoms with van der Waals surface area (Å²) in [7, 11) is 0. The molecule has 146 valence electrons. The number of ether oxygens (including phenoxy) is 1. The third-order valence-corrected chi connectivity index (χ3v) is 4.98. The lowest BCUT2D eigenvalue weighted by Crippen LogP contribution is -2.43. The van der Waals surface area contributed by atoms with Crippen molar-refractivity contribution in [1.29, 1.82) is 0 Å². The highest BCUT2D eigenvalue weighted by molar-refractivity contribution is 6.30. The van der Waals surface area contributed by atoms with E-state index in [0.717, 1.165) is 17.7 Å². The first-order valence-electron chi connectivity index (χ1n) is 9.51. The topological polar surface area (TPSA) is 69.0 Å². The van der Waals surface area contributed by atoms with Crippen molar-refractivity contribution in [3.05, 3.63) is 46.7 Å². The average Bonchev–Trinajstić information content (AvgIpc) is 3.06. The van der Waals surface area contributed by atoms with E-state index in [0.29, 0.717) is 43.5 Å². The number of benzene rings is 1. The summed E-state index contributed by atoms with van der Waals surface area (Å²) in [6.07, 6.45) is 4.15. The molecule has 0 saturated carbocycles. The van der Waals surface area contributed by atoms with Crippen LogP contribution >= 0.6 is 11.6 Å². The van der Waals surface area contributed by atoms with Crippen LogP contribution in [0.5, 0.6) is 0 Å². The van der Waals surface area contributed by atoms with Crippen LogP contribution in [0, 0.1) is 11.8 Å². The van der Waals surface area contributed by atoms with E-state index < -0.39 is 0 Å². The van der Waals surface area contributed by atoms with E-state index in [1.165, 1.54) is 0 Å². The van der Waals surface area contributed by atoms with E-state index in [1.54, 1.807) is 4.68 Å². The Morgan fingerprint density at radius 3 is 2.85 bits per heavy atom. The molecule has 0 aliphatic carbocycles. The molecule has 1 aliphatic heterocycles. The second-order valence-corrected chi connectivity index (χ2v) is 8.08. The molecule has 7 heteroatoms. The van der Waals surface area contributed by atoms with Crippen LogP contribution in [-0.4, -0.2) is 33.5 Å². The molecule has 2 aromatic rings. The number of nitrogens with one attached hydrogen (secondary N) is 1. The lowest BCUT2D eigenvalue weighted by Gasteiger charge is -2.24. The van der Waals surface area contributed by atoms with Gasteiger partial charge in [0.25, 0.3) is 0 Å². The summed E-state index contributed by atoms with van der Waals surface area (Å²) in [5.74, 6) is 0.399. The van der Waals surface area contributed by atoms with Crippen LogP contribution in [-0.2, 0) is 29.1 Å². The summed E-state index contributed by atoms with van der Waals surface area (Å²) in [6.45, 7) is 5.84. The van der Waals surface area contributed by atoms with Gasteiger partial charge in [-0.1, -0.05) is 42.8 Å². The molecule has 3 rings (SSSR count). The minimum absolute atomic E-state index is 0.000288. The standard InChI is InChI=1S/C20H27ClN4O2/c1-14(2)9-18-12-27-13-19-11-25(24-23-19)8-7-16(20(26)22-18)10-15-3-5-17(21)6-4-15/h3-6,11,14,16,18H,7-10,12-13H2,1-2H3,(H,22,26)/t16-,18-/m0/s1. The highest BCUT2D eigenvalue weighted by atomic mass is 35.5. The number of hydrogen-bond acceptors (Lipinski definition) is 4. The van der Waals surface area contributed by atoms with Crippen molar-refractivity contribution < 1.29 is 9.53 Å². The molecule has 0 fully saturated rings. The van der Waals surface area contributed by atoms with Gasteiger partial charge in [-0.2, -0.15) is 0 Å². The first kappa shape index (κ1) is 19.8. The van der Waals surface area contributed by atoms with Gasteiger partial charge in [0.15, 0.2) is 0 Å². The van der Waals surface area contributed by atoms with Crippen LogP contribution < -0.4 is 5.32 Å². The Labute approximate surface area is 165 Å². The molecule has 1 aromatic heterocycles. The molecule has 2 heterocycles. The fourth-order valence-corrected chi connectivity index (χ4v) is 3.52. The minimum Gasteiger partial charge on any atom is -0.373 e. The molecule has 1 N–H and O–H groups in total. The van der Waals surface area contributed by atoms with Crippen LogP contribution in [0.1, 0.15) is 37.9 Å². The first-order chi connectivity index (χ1) is 13.0. The molecule has 6 nitrogen and oxygen atoms in total. The smallest absolute Gasteiger partial charge is 0.223 e. The maximum absolute atomic E-state index is 13.0. The van der Waals surface area contributed by atoms with Crippen molar-refractivity contribution >= 4 is 17.5 Å². The zero-order chi connectivity index (χ0) is 19.2. The van der Waals surface area contributed by atoms with Crippen molar-refractivity contribution in [2.24, 2.45) is 11.8 Å². The molecule has 2 atom stereocenters. The summed E-state index contributed by atoms with van der Waals surface area (Å²) in [4.78, 5) is 13.0. The number of fused-ring (bicyclic) bond motifs is 2. The third kappa shape index (κ3) is 6.04. The number of aromatic nitrogens is 3. The fraction of sp³-hybridized carbons (Fsp3) is 0.550. The lowest BCUT2D eigenvalue weighted by molar-refractivity contribution is -0.126. The fourth-order valence-electron chi connectivity index (χ4n) is 3.40. The van der Waals surface area contributed by atoms with E-state index in [4.69, 9.17) is 16.3 Å². The molecule has 27 heavy (non-hydrogen) atoms. The molecule has 1 aromatic carbocycles. The van der Waals surface area contributed by atoms with E-state index in [9.17, 15) is 4.79 Å². The van der Waals surface area contributed by atoms with Gasteiger partial charge in [0.05, 0.1) is 25.5 Å². The predicted molar refractivity (Wildman–Crippen MR) is 104 cm³/mol. The zero-order valence-electron chi connectivity index (χ0n) is 15.9. The van der Waals surface area contributed by atoms with E-state index in [-0.39, 0.29) is 17.9 Å². The zero-order valence-corrected chi connectivity index (χ0v) is 16.7. The molecule has 0 unspecified atom stereocenters. The Morgan fingerprint density at radius 1 is 1.33 bits per heavy atom. The highest BCUT2D eigenvalue weighted by Gasteiger charge is 2.24. The Bertz CT molecular complexity index is 745. The van der Waals surface area contributed by atoms with Crippen LogP contribution in [0.25, 0.3) is 0 Å². The third-order valence-electron chi connectivity index (χ3n) is 4.73. The van der Waals surface area contributed by atoms with Crippen molar-refractivity contribution in [1.82, 2.24) is 20.3 Å². The van der Waals surface area contributed by atoms with Crippen LogP contribution in [0.4, 0.5) is 0 Å². The van der Waals surface area contributed by atoms with Gasteiger partial charge < -0.3 is 10.1 Å². The van der Waals surface area contributed by atoms with Gasteiger partial charge in [0.2, 0.25) is 5.91 Å². The van der Waals surface area contributed by atoms with Crippen LogP contribution in [0.15, 0.2) is 30.5 Å². The predicted octanol–water partition coefficient (Wildman–Crippen LogP) is 3.24. The summed E-state index contributed by atoms with van der Waals surface area (Å²) in [5, 5.41) is 12.2. The number of nitrogens with zero attached hydrogens (tertiary/aromatic N) is 3. The molecule has 1 amide bonds. The summed E-state index contributed by atoms with van der Waals surface area (Å²) in [6, 6.07) is 7.69. The Balaban J connectivity index is 1.77. The van der Waals surface area contributed by atoms with E-state index in [1.807, 2.05) is 30.5 Å². The number of carbonyl (C=O) groups is 1. The summed E-state index contributed by atoms with van der Waals surface area (Å²) >= 11 is 5.99. The molecule has 0 radical (unpaired) electrons. The number of amides is 1. The monoisotopic (exact) mass is 390 g/mol. The van der Waals surface area contributed by atoms with Gasteiger partial charge in [-0.3, -0.25) is 9.48 Å². The second-order valence-electron chi connectivity index (χ2n) is 7.64. The lowest BCUT2D eigenvalue weighted by atomic mass is 9.94. The minimum atomic E-state index is -0.145. The van der Waals surface area contributed by atoms with Crippen LogP contribution in [0.3, 0.4) is 0 Å². The van der Waals surface area contributed by atoms with E-state index >= 15 is 0 Å². The normalized spacial score (nSPS) is 21.4. The number of carbonyl (C=O) groups excluding carboxylic acids is 1. The molecule has 0 spiro atoms. The first-order valence-corrected chi connectivity index (χ1v) is 9.89. The van der Waals surface area contributed by atoms with Gasteiger partial charge in [-0.25, -0.2) is 0 Å². The van der Waals surface area contributed by atoms with Crippen molar-refractivity contribution in [3.8, 4) is 0 Å². The number of halogens is 1. The van der Waals surface area contributed by atoms with Crippen molar-refractivity contribution in [3.63, 3.8) is 0 Å². The van der Waals surface area contributed by atoms with Gasteiger partial charge in [0.1, 0.15) is 5.69 Å². The molecular formula is C20H27ClN4O2. The van der Waals surface area contributed by atoms with E-state index in [2.05, 4.69) is 29.5 Å². The molecular weight excluding hydrogens is 364 g/mol. The number of hydrogen-bond donors (Lipinski definition) is 1. The maximum Gasteiger partial charge on any atom is 0.223 e. The van der Waals surface area contributed by atoms with Gasteiger partial charge in [-0.15, -0.1) is 5.10 Å².